The van der Waals surface area contributed by atoms with E-state index >= 15 is 0 Å². The molecule has 0 N–H and O–H groups in total. The van der Waals surface area contributed by atoms with Gasteiger partial charge in [-0.05, 0) is 105 Å². The molecule has 5 aliphatic rings. The first-order chi connectivity index (χ1) is 13.9. The molecule has 4 saturated carbocycles. The maximum Gasteiger partial charge on any atom is 0.128 e. The molecule has 9 atom stereocenters. The highest BCUT2D eigenvalue weighted by Crippen LogP contribution is 2.68. The Hall–Kier alpha value is -0.530. The molecular weight excluding hydrogens is 354 g/mol. The lowest BCUT2D eigenvalue weighted by Crippen LogP contribution is -2.57. The van der Waals surface area contributed by atoms with Crippen molar-refractivity contribution < 1.29 is 4.84 Å². The van der Waals surface area contributed by atoms with E-state index in [2.05, 4.69) is 39.1 Å². The minimum absolute atomic E-state index is 0.395. The summed E-state index contributed by atoms with van der Waals surface area (Å²) in [5, 5.41) is 4.50. The highest BCUT2D eigenvalue weighted by molar-refractivity contribution is 5.68. The van der Waals surface area contributed by atoms with Crippen LogP contribution in [0.4, 0.5) is 0 Å². The zero-order valence-electron chi connectivity index (χ0n) is 19.5. The maximum atomic E-state index is 5.75. The van der Waals surface area contributed by atoms with Crippen molar-refractivity contribution >= 4 is 6.21 Å². The molecule has 2 heteroatoms. The summed E-state index contributed by atoms with van der Waals surface area (Å²) in [5.74, 6) is 6.47. The van der Waals surface area contributed by atoms with Crippen molar-refractivity contribution in [3.8, 4) is 0 Å². The Balaban J connectivity index is 1.33. The summed E-state index contributed by atoms with van der Waals surface area (Å²) in [7, 11) is 0. The van der Waals surface area contributed by atoms with Crippen LogP contribution in [0.1, 0.15) is 105 Å². The molecule has 0 radical (unpaired) electrons. The van der Waals surface area contributed by atoms with E-state index in [0.717, 1.165) is 41.4 Å². The molecule has 2 nitrogen and oxygen atoms in total. The average Bonchev–Trinajstić information content (AvgIpc) is 3.04. The minimum atomic E-state index is 0.395. The van der Waals surface area contributed by atoms with E-state index in [-0.39, 0.29) is 0 Å². The van der Waals surface area contributed by atoms with Crippen molar-refractivity contribution in [1.82, 2.24) is 0 Å². The standard InChI is InChI=1S/C27H45NO/c1-18(2)6-5-7-19(3)23-12-13-24-22-11-9-20-8-10-21-16-27(20,17-28-29-21)25(22)14-15-26(23,24)4/h17-25H,5-16H2,1-4H3/t19-,20-,21-,22+,23-,24+,25+,26-,27-/m1/s1. The molecule has 5 rings (SSSR count). The van der Waals surface area contributed by atoms with Crippen LogP contribution in [0.5, 0.6) is 0 Å². The van der Waals surface area contributed by atoms with Gasteiger partial charge in [-0.3, -0.25) is 0 Å². The monoisotopic (exact) mass is 399 g/mol. The average molecular weight is 400 g/mol. The molecule has 0 aromatic carbocycles. The van der Waals surface area contributed by atoms with Gasteiger partial charge in [0, 0.05) is 5.41 Å². The lowest BCUT2D eigenvalue weighted by molar-refractivity contribution is -0.129. The maximum absolute atomic E-state index is 5.75. The van der Waals surface area contributed by atoms with Gasteiger partial charge in [0.1, 0.15) is 6.10 Å². The van der Waals surface area contributed by atoms with E-state index in [0.29, 0.717) is 16.9 Å². The summed E-state index contributed by atoms with van der Waals surface area (Å²) in [6, 6.07) is 0. The second kappa shape index (κ2) is 7.56. The highest BCUT2D eigenvalue weighted by atomic mass is 16.6. The van der Waals surface area contributed by atoms with Gasteiger partial charge in [-0.2, -0.15) is 0 Å². The van der Waals surface area contributed by atoms with Crippen LogP contribution in [0.2, 0.25) is 0 Å². The number of rotatable bonds is 5. The summed E-state index contributed by atoms with van der Waals surface area (Å²) >= 11 is 0. The summed E-state index contributed by atoms with van der Waals surface area (Å²) < 4.78 is 0. The quantitative estimate of drug-likeness (QED) is 0.470. The van der Waals surface area contributed by atoms with Crippen LogP contribution in [-0.2, 0) is 4.84 Å². The largest absolute Gasteiger partial charge is 0.393 e. The molecule has 4 fully saturated rings. The molecule has 1 spiro atoms. The fourth-order valence-electron chi connectivity index (χ4n) is 9.52. The zero-order valence-corrected chi connectivity index (χ0v) is 19.5. The molecular formula is C27H45NO. The van der Waals surface area contributed by atoms with E-state index in [1.54, 1.807) is 0 Å². The predicted octanol–water partition coefficient (Wildman–Crippen LogP) is 7.47. The SMILES string of the molecule is CC(C)CCC[C@@H](C)[C@H]1CC[C@H]2[C@@H]3CC[C@H]4CC[C@@H]5C[C@]4(C=NO5)[C@H]3CC[C@]12C. The number of hydrogen-bond acceptors (Lipinski definition) is 2. The Kier molecular flexibility index (Phi) is 5.31. The lowest BCUT2D eigenvalue weighted by atomic mass is 9.44. The molecule has 0 saturated heterocycles. The van der Waals surface area contributed by atoms with E-state index in [4.69, 9.17) is 4.84 Å². The molecule has 1 heterocycles. The van der Waals surface area contributed by atoms with Gasteiger partial charge >= 0.3 is 0 Å². The van der Waals surface area contributed by atoms with Crippen molar-refractivity contribution in [2.45, 2.75) is 111 Å². The second-order valence-corrected chi connectivity index (χ2v) is 12.5. The van der Waals surface area contributed by atoms with Gasteiger partial charge < -0.3 is 4.84 Å². The Bertz CT molecular complexity index is 628. The smallest absolute Gasteiger partial charge is 0.128 e. The summed E-state index contributed by atoms with van der Waals surface area (Å²) in [6.07, 6.45) is 19.9. The van der Waals surface area contributed by atoms with Crippen molar-refractivity contribution in [2.24, 2.45) is 57.4 Å². The molecule has 164 valence electrons. The minimum Gasteiger partial charge on any atom is -0.393 e. The normalized spacial score (nSPS) is 49.1. The molecule has 0 unspecified atom stereocenters. The van der Waals surface area contributed by atoms with Crippen molar-refractivity contribution in [1.29, 1.82) is 0 Å². The van der Waals surface area contributed by atoms with E-state index in [9.17, 15) is 0 Å². The van der Waals surface area contributed by atoms with Crippen molar-refractivity contribution in [2.75, 3.05) is 0 Å². The van der Waals surface area contributed by atoms with Crippen LogP contribution in [0.15, 0.2) is 5.16 Å². The van der Waals surface area contributed by atoms with Gasteiger partial charge in [-0.15, -0.1) is 0 Å². The number of oxime groups is 1. The summed E-state index contributed by atoms with van der Waals surface area (Å²) in [5.41, 5.74) is 1.00. The van der Waals surface area contributed by atoms with E-state index in [1.165, 1.54) is 77.0 Å². The number of hydrogen-bond donors (Lipinski definition) is 0. The third-order valence-corrected chi connectivity index (χ3v) is 10.9. The zero-order chi connectivity index (χ0) is 20.2. The summed E-state index contributed by atoms with van der Waals surface area (Å²) in [4.78, 5) is 5.75. The third kappa shape index (κ3) is 3.21. The Morgan fingerprint density at radius 1 is 0.966 bits per heavy atom. The van der Waals surface area contributed by atoms with Crippen LogP contribution >= 0.6 is 0 Å². The summed E-state index contributed by atoms with van der Waals surface area (Å²) in [6.45, 7) is 10.1. The number of nitrogens with zero attached hydrogens (tertiary/aromatic N) is 1. The molecule has 4 aliphatic carbocycles. The molecule has 29 heavy (non-hydrogen) atoms. The Labute approximate surface area is 179 Å². The topological polar surface area (TPSA) is 21.6 Å². The van der Waals surface area contributed by atoms with Gasteiger partial charge in [0.15, 0.2) is 0 Å². The molecule has 0 amide bonds. The van der Waals surface area contributed by atoms with E-state index in [1.807, 2.05) is 0 Å². The number of fused-ring (bicyclic) bond motifs is 4. The van der Waals surface area contributed by atoms with Crippen molar-refractivity contribution in [3.05, 3.63) is 0 Å². The van der Waals surface area contributed by atoms with Gasteiger partial charge in [0.25, 0.3) is 0 Å². The first kappa shape index (κ1) is 20.4. The third-order valence-electron chi connectivity index (χ3n) is 10.9. The van der Waals surface area contributed by atoms with Gasteiger partial charge in [-0.25, -0.2) is 0 Å². The van der Waals surface area contributed by atoms with Gasteiger partial charge in [0.05, 0.1) is 6.21 Å². The van der Waals surface area contributed by atoms with Crippen LogP contribution in [0.25, 0.3) is 0 Å². The van der Waals surface area contributed by atoms with Crippen LogP contribution in [0, 0.1) is 52.3 Å². The van der Waals surface area contributed by atoms with E-state index < -0.39 is 0 Å². The van der Waals surface area contributed by atoms with Crippen LogP contribution < -0.4 is 0 Å². The molecule has 1 aliphatic heterocycles. The highest BCUT2D eigenvalue weighted by Gasteiger charge is 2.62. The van der Waals surface area contributed by atoms with Crippen LogP contribution in [0.3, 0.4) is 0 Å². The van der Waals surface area contributed by atoms with Crippen molar-refractivity contribution in [3.63, 3.8) is 0 Å². The Morgan fingerprint density at radius 2 is 1.79 bits per heavy atom. The predicted molar refractivity (Wildman–Crippen MR) is 121 cm³/mol. The molecule has 0 aromatic heterocycles. The van der Waals surface area contributed by atoms with Gasteiger partial charge in [-0.1, -0.05) is 52.1 Å². The fourth-order valence-corrected chi connectivity index (χ4v) is 9.52. The Morgan fingerprint density at radius 3 is 2.62 bits per heavy atom. The first-order valence-corrected chi connectivity index (χ1v) is 13.1. The second-order valence-electron chi connectivity index (χ2n) is 12.5. The van der Waals surface area contributed by atoms with Gasteiger partial charge in [0.2, 0.25) is 0 Å². The first-order valence-electron chi connectivity index (χ1n) is 13.1. The lowest BCUT2D eigenvalue weighted by Gasteiger charge is -2.61. The molecule has 0 aromatic rings. The van der Waals surface area contributed by atoms with Crippen LogP contribution in [-0.4, -0.2) is 12.3 Å². The molecule has 2 bridgehead atoms. The fraction of sp³-hybridized carbons (Fsp3) is 0.963.